The average Bonchev–Trinajstić information content (AvgIpc) is 2.44. The molecule has 0 heterocycles. The molecule has 3 nitrogen and oxygen atoms in total. The van der Waals surface area contributed by atoms with Crippen molar-refractivity contribution in [3.8, 4) is 0 Å². The summed E-state index contributed by atoms with van der Waals surface area (Å²) in [4.78, 5) is 0. The molecular weight excluding hydrogens is 264 g/mol. The van der Waals surface area contributed by atoms with Gasteiger partial charge in [0.05, 0.1) is 12.7 Å². The van der Waals surface area contributed by atoms with Gasteiger partial charge in [-0.25, -0.2) is 0 Å². The van der Waals surface area contributed by atoms with Crippen LogP contribution in [0.15, 0.2) is 24.3 Å². The molecule has 0 fully saturated rings. The van der Waals surface area contributed by atoms with Crippen LogP contribution in [-0.2, 0) is 11.2 Å². The van der Waals surface area contributed by atoms with Crippen LogP contribution in [0.1, 0.15) is 38.7 Å². The maximum absolute atomic E-state index is 10.1. The van der Waals surface area contributed by atoms with Crippen LogP contribution in [0.5, 0.6) is 0 Å². The second-order valence-corrected chi connectivity index (χ2v) is 5.11. The molecule has 0 saturated carbocycles. The molecule has 108 valence electrons. The molecule has 0 spiro atoms. The van der Waals surface area contributed by atoms with E-state index in [2.05, 4.69) is 0 Å². The largest absolute Gasteiger partial charge is 0.394 e. The van der Waals surface area contributed by atoms with Crippen LogP contribution in [-0.4, -0.2) is 28.7 Å². The first-order chi connectivity index (χ1) is 9.04. The van der Waals surface area contributed by atoms with Crippen LogP contribution < -0.4 is 0 Å². The summed E-state index contributed by atoms with van der Waals surface area (Å²) >= 11 is 6.09. The van der Waals surface area contributed by atoms with Gasteiger partial charge in [-0.05, 0) is 37.3 Å². The molecule has 1 aromatic carbocycles. The van der Waals surface area contributed by atoms with Gasteiger partial charge in [0.2, 0.25) is 0 Å². The van der Waals surface area contributed by atoms with E-state index in [0.29, 0.717) is 25.7 Å². The number of benzene rings is 1. The van der Waals surface area contributed by atoms with Crippen molar-refractivity contribution in [2.75, 3.05) is 6.61 Å². The molecule has 1 unspecified atom stereocenters. The van der Waals surface area contributed by atoms with Crippen LogP contribution in [0.25, 0.3) is 0 Å². The van der Waals surface area contributed by atoms with Crippen molar-refractivity contribution in [2.24, 2.45) is 0 Å². The standard InChI is InChI=1S/C15H23ClO3/c1-3-15(18,4-2)19-13(11-17)10-9-12-7-5-6-8-14(12)16/h5-8,13,17-18H,3-4,9-11H2,1-2H3. The molecule has 19 heavy (non-hydrogen) atoms. The first-order valence-electron chi connectivity index (χ1n) is 6.79. The Balaban J connectivity index is 2.56. The Kier molecular flexibility index (Phi) is 6.80. The lowest BCUT2D eigenvalue weighted by Crippen LogP contribution is -2.37. The Morgan fingerprint density at radius 2 is 1.89 bits per heavy atom. The number of aliphatic hydroxyl groups excluding tert-OH is 1. The number of ether oxygens (including phenoxy) is 1. The molecule has 0 radical (unpaired) electrons. The monoisotopic (exact) mass is 286 g/mol. The van der Waals surface area contributed by atoms with E-state index < -0.39 is 5.79 Å². The second-order valence-electron chi connectivity index (χ2n) is 4.71. The normalized spacial score (nSPS) is 13.5. The van der Waals surface area contributed by atoms with Crippen molar-refractivity contribution in [1.82, 2.24) is 0 Å². The van der Waals surface area contributed by atoms with Gasteiger partial charge in [-0.15, -0.1) is 0 Å². The zero-order chi connectivity index (χ0) is 14.3. The van der Waals surface area contributed by atoms with Crippen LogP contribution >= 0.6 is 11.6 Å². The minimum atomic E-state index is -1.14. The van der Waals surface area contributed by atoms with Crippen LogP contribution in [0.2, 0.25) is 5.02 Å². The zero-order valence-electron chi connectivity index (χ0n) is 11.6. The second kappa shape index (κ2) is 7.85. The number of halogens is 1. The van der Waals surface area contributed by atoms with E-state index in [-0.39, 0.29) is 12.7 Å². The van der Waals surface area contributed by atoms with Crippen molar-refractivity contribution in [3.63, 3.8) is 0 Å². The zero-order valence-corrected chi connectivity index (χ0v) is 12.4. The minimum Gasteiger partial charge on any atom is -0.394 e. The molecular formula is C15H23ClO3. The van der Waals surface area contributed by atoms with Gasteiger partial charge in [0.15, 0.2) is 5.79 Å². The first kappa shape index (κ1) is 16.4. The van der Waals surface area contributed by atoms with Gasteiger partial charge >= 0.3 is 0 Å². The van der Waals surface area contributed by atoms with Gasteiger partial charge in [0.1, 0.15) is 0 Å². The highest BCUT2D eigenvalue weighted by Crippen LogP contribution is 2.22. The SMILES string of the molecule is CCC(O)(CC)OC(CO)CCc1ccccc1Cl. The fourth-order valence-corrected chi connectivity index (χ4v) is 2.16. The third-order valence-electron chi connectivity index (χ3n) is 3.39. The lowest BCUT2D eigenvalue weighted by molar-refractivity contribution is -0.239. The van der Waals surface area contributed by atoms with Gasteiger partial charge in [-0.3, -0.25) is 0 Å². The molecule has 2 N–H and O–H groups in total. The molecule has 0 amide bonds. The van der Waals surface area contributed by atoms with Crippen molar-refractivity contribution < 1.29 is 14.9 Å². The first-order valence-corrected chi connectivity index (χ1v) is 7.17. The van der Waals surface area contributed by atoms with Gasteiger partial charge in [0, 0.05) is 5.02 Å². The third-order valence-corrected chi connectivity index (χ3v) is 3.76. The average molecular weight is 287 g/mol. The van der Waals surface area contributed by atoms with E-state index in [0.717, 1.165) is 10.6 Å². The topological polar surface area (TPSA) is 49.7 Å². The summed E-state index contributed by atoms with van der Waals surface area (Å²) in [5.41, 5.74) is 1.03. The minimum absolute atomic E-state index is 0.104. The van der Waals surface area contributed by atoms with Crippen molar-refractivity contribution >= 4 is 11.6 Å². The summed E-state index contributed by atoms with van der Waals surface area (Å²) in [7, 11) is 0. The Morgan fingerprint density at radius 3 is 2.42 bits per heavy atom. The highest BCUT2D eigenvalue weighted by atomic mass is 35.5. The molecule has 0 aliphatic heterocycles. The quantitative estimate of drug-likeness (QED) is 0.722. The van der Waals surface area contributed by atoms with Crippen molar-refractivity contribution in [3.05, 3.63) is 34.9 Å². The molecule has 0 saturated heterocycles. The van der Waals surface area contributed by atoms with E-state index in [4.69, 9.17) is 16.3 Å². The van der Waals surface area contributed by atoms with Gasteiger partial charge in [0.25, 0.3) is 0 Å². The van der Waals surface area contributed by atoms with Gasteiger partial charge in [-0.2, -0.15) is 0 Å². The molecule has 0 aliphatic carbocycles. The van der Waals surface area contributed by atoms with E-state index in [1.54, 1.807) is 0 Å². The number of hydrogen-bond donors (Lipinski definition) is 2. The summed E-state index contributed by atoms with van der Waals surface area (Å²) in [6, 6.07) is 7.63. The molecule has 0 aromatic heterocycles. The highest BCUT2D eigenvalue weighted by molar-refractivity contribution is 6.31. The number of aryl methyl sites for hydroxylation is 1. The summed E-state index contributed by atoms with van der Waals surface area (Å²) in [5.74, 6) is -1.14. The predicted molar refractivity (Wildman–Crippen MR) is 77.3 cm³/mol. The summed E-state index contributed by atoms with van der Waals surface area (Å²) in [5, 5.41) is 20.2. The molecule has 1 rings (SSSR count). The number of aliphatic hydroxyl groups is 2. The fraction of sp³-hybridized carbons (Fsp3) is 0.600. The molecule has 1 atom stereocenters. The van der Waals surface area contributed by atoms with Crippen molar-refractivity contribution in [1.29, 1.82) is 0 Å². The summed E-state index contributed by atoms with van der Waals surface area (Å²) < 4.78 is 5.61. The van der Waals surface area contributed by atoms with Gasteiger partial charge in [-0.1, -0.05) is 43.6 Å². The van der Waals surface area contributed by atoms with E-state index in [1.807, 2.05) is 38.1 Å². The van der Waals surface area contributed by atoms with Crippen LogP contribution in [0.3, 0.4) is 0 Å². The Morgan fingerprint density at radius 1 is 1.26 bits per heavy atom. The summed E-state index contributed by atoms with van der Waals surface area (Å²) in [6.07, 6.45) is 1.98. The Hall–Kier alpha value is -0.610. The molecule has 0 aliphatic rings. The number of hydrogen-bond acceptors (Lipinski definition) is 3. The molecule has 4 heteroatoms. The Labute approximate surface area is 120 Å². The van der Waals surface area contributed by atoms with E-state index in [9.17, 15) is 10.2 Å². The highest BCUT2D eigenvalue weighted by Gasteiger charge is 2.27. The maximum Gasteiger partial charge on any atom is 0.165 e. The molecule has 0 bridgehead atoms. The van der Waals surface area contributed by atoms with E-state index >= 15 is 0 Å². The van der Waals surface area contributed by atoms with Gasteiger partial charge < -0.3 is 14.9 Å². The van der Waals surface area contributed by atoms with E-state index in [1.165, 1.54) is 0 Å². The van der Waals surface area contributed by atoms with Crippen molar-refractivity contribution in [2.45, 2.75) is 51.4 Å². The van der Waals surface area contributed by atoms with Crippen LogP contribution in [0.4, 0.5) is 0 Å². The number of rotatable bonds is 8. The predicted octanol–water partition coefficient (Wildman–Crippen LogP) is 3.16. The third kappa shape index (κ3) is 5.11. The fourth-order valence-electron chi connectivity index (χ4n) is 1.93. The van der Waals surface area contributed by atoms with Crippen LogP contribution in [0, 0.1) is 0 Å². The smallest absolute Gasteiger partial charge is 0.165 e. The lowest BCUT2D eigenvalue weighted by atomic mass is 10.1. The summed E-state index contributed by atoms with van der Waals surface area (Å²) in [6.45, 7) is 3.63. The lowest BCUT2D eigenvalue weighted by Gasteiger charge is -2.30. The molecule has 1 aromatic rings. The maximum atomic E-state index is 10.1. The Bertz CT molecular complexity index is 377.